The second kappa shape index (κ2) is 12.8. The molecule has 6 nitrogen and oxygen atoms in total. The molecule has 3 aromatic rings. The molecule has 41 heavy (non-hydrogen) atoms. The number of piperidine rings is 2. The van der Waals surface area contributed by atoms with Gasteiger partial charge in [0.2, 0.25) is 5.91 Å². The molecule has 9 heteroatoms. The van der Waals surface area contributed by atoms with Crippen molar-refractivity contribution in [3.63, 3.8) is 0 Å². The van der Waals surface area contributed by atoms with Gasteiger partial charge in [-0.2, -0.15) is 0 Å². The second-order valence-corrected chi connectivity index (χ2v) is 12.0. The predicted molar refractivity (Wildman–Crippen MR) is 163 cm³/mol. The molecule has 0 spiro atoms. The molecular weight excluding hydrogens is 581 g/mol. The van der Waals surface area contributed by atoms with Crippen molar-refractivity contribution in [1.82, 2.24) is 14.7 Å². The van der Waals surface area contributed by atoms with Gasteiger partial charge in [0.15, 0.2) is 0 Å². The Morgan fingerprint density at radius 2 is 1.54 bits per heavy atom. The zero-order valence-corrected chi connectivity index (χ0v) is 25.1. The van der Waals surface area contributed by atoms with Crippen molar-refractivity contribution in [2.45, 2.75) is 43.7 Å². The summed E-state index contributed by atoms with van der Waals surface area (Å²) in [7, 11) is 1.80. The largest absolute Gasteiger partial charge is 0.340 e. The van der Waals surface area contributed by atoms with Gasteiger partial charge in [-0.05, 0) is 79.8 Å². The lowest BCUT2D eigenvalue weighted by atomic mass is 9.84. The average molecular weight is 613 g/mol. The van der Waals surface area contributed by atoms with E-state index in [9.17, 15) is 14.4 Å². The summed E-state index contributed by atoms with van der Waals surface area (Å²) in [6.45, 7) is 1.42. The first kappa shape index (κ1) is 29.4. The highest BCUT2D eigenvalue weighted by atomic mass is 35.5. The maximum Gasteiger partial charge on any atom is 0.254 e. The molecule has 0 N–H and O–H groups in total. The van der Waals surface area contributed by atoms with E-state index in [0.717, 1.165) is 18.4 Å². The first-order valence-corrected chi connectivity index (χ1v) is 15.0. The summed E-state index contributed by atoms with van der Waals surface area (Å²) in [4.78, 5) is 46.3. The normalized spacial score (nSPS) is 20.9. The number of carbonyl (C=O) groups is 3. The van der Waals surface area contributed by atoms with E-state index < -0.39 is 6.04 Å². The maximum atomic E-state index is 14.1. The lowest BCUT2D eigenvalue weighted by Gasteiger charge is -2.45. The van der Waals surface area contributed by atoms with Crippen LogP contribution in [-0.4, -0.2) is 71.2 Å². The number of hydrogen-bond acceptors (Lipinski definition) is 3. The van der Waals surface area contributed by atoms with Crippen molar-refractivity contribution in [2.24, 2.45) is 0 Å². The van der Waals surface area contributed by atoms with Crippen LogP contribution in [0.4, 0.5) is 0 Å². The third-order valence-electron chi connectivity index (χ3n) is 8.24. The van der Waals surface area contributed by atoms with Gasteiger partial charge in [-0.15, -0.1) is 0 Å². The minimum Gasteiger partial charge on any atom is -0.340 e. The SMILES string of the molecule is CN(C(=O)c1ccc(Cl)cc1)[C@@H]1CCN(C(=O)[C@H]2CCCCN2C(=O)c2ccccc2)C[C@H]1c1ccc(Cl)c(Cl)c1. The van der Waals surface area contributed by atoms with Gasteiger partial charge in [-0.3, -0.25) is 14.4 Å². The van der Waals surface area contributed by atoms with Crippen LogP contribution in [0.1, 0.15) is 57.9 Å². The van der Waals surface area contributed by atoms with E-state index in [-0.39, 0.29) is 29.7 Å². The lowest BCUT2D eigenvalue weighted by Crippen LogP contribution is -2.57. The van der Waals surface area contributed by atoms with E-state index >= 15 is 0 Å². The monoisotopic (exact) mass is 611 g/mol. The van der Waals surface area contributed by atoms with Crippen molar-refractivity contribution in [2.75, 3.05) is 26.7 Å². The molecule has 0 aromatic heterocycles. The highest BCUT2D eigenvalue weighted by Crippen LogP contribution is 2.35. The predicted octanol–water partition coefficient (Wildman–Crippen LogP) is 6.80. The quantitative estimate of drug-likeness (QED) is 0.319. The molecule has 2 aliphatic rings. The molecule has 3 aromatic carbocycles. The van der Waals surface area contributed by atoms with Crippen LogP contribution in [0.5, 0.6) is 0 Å². The van der Waals surface area contributed by atoms with Gasteiger partial charge in [-0.1, -0.05) is 59.1 Å². The third kappa shape index (κ3) is 6.40. The van der Waals surface area contributed by atoms with E-state index in [0.29, 0.717) is 58.7 Å². The molecule has 2 aliphatic heterocycles. The number of carbonyl (C=O) groups excluding carboxylic acids is 3. The van der Waals surface area contributed by atoms with Gasteiger partial charge < -0.3 is 14.7 Å². The summed E-state index contributed by atoms with van der Waals surface area (Å²) in [5.41, 5.74) is 2.03. The molecule has 5 rings (SSSR count). The fraction of sp³-hybridized carbons (Fsp3) is 0.344. The Balaban J connectivity index is 1.41. The summed E-state index contributed by atoms with van der Waals surface area (Å²) in [6.07, 6.45) is 2.96. The molecule has 214 valence electrons. The Bertz CT molecular complexity index is 1420. The van der Waals surface area contributed by atoms with Gasteiger partial charge in [0.1, 0.15) is 6.04 Å². The van der Waals surface area contributed by atoms with Crippen molar-refractivity contribution >= 4 is 52.5 Å². The summed E-state index contributed by atoms with van der Waals surface area (Å²) in [5, 5.41) is 1.43. The Morgan fingerprint density at radius 3 is 2.24 bits per heavy atom. The lowest BCUT2D eigenvalue weighted by molar-refractivity contribution is -0.139. The summed E-state index contributed by atoms with van der Waals surface area (Å²) in [5.74, 6) is -0.494. The smallest absolute Gasteiger partial charge is 0.254 e. The molecule has 3 amide bonds. The van der Waals surface area contributed by atoms with Crippen molar-refractivity contribution < 1.29 is 14.4 Å². The second-order valence-electron chi connectivity index (χ2n) is 10.7. The first-order chi connectivity index (χ1) is 19.7. The van der Waals surface area contributed by atoms with E-state index in [1.54, 1.807) is 59.3 Å². The van der Waals surface area contributed by atoms with Crippen LogP contribution in [0.3, 0.4) is 0 Å². The van der Waals surface area contributed by atoms with Crippen LogP contribution in [0, 0.1) is 0 Å². The van der Waals surface area contributed by atoms with E-state index in [1.165, 1.54) is 0 Å². The number of likely N-dealkylation sites (N-methyl/N-ethyl adjacent to an activating group) is 1. The minimum atomic E-state index is -0.518. The van der Waals surface area contributed by atoms with Crippen molar-refractivity contribution in [3.8, 4) is 0 Å². The van der Waals surface area contributed by atoms with Crippen molar-refractivity contribution in [1.29, 1.82) is 0 Å². The highest BCUT2D eigenvalue weighted by Gasteiger charge is 2.41. The molecule has 0 bridgehead atoms. The van der Waals surface area contributed by atoms with Crippen LogP contribution in [0.2, 0.25) is 15.1 Å². The molecule has 0 unspecified atom stereocenters. The average Bonchev–Trinajstić information content (AvgIpc) is 3.01. The van der Waals surface area contributed by atoms with Gasteiger partial charge >= 0.3 is 0 Å². The van der Waals surface area contributed by atoms with Crippen LogP contribution in [0.15, 0.2) is 72.8 Å². The van der Waals surface area contributed by atoms with Gasteiger partial charge in [0.25, 0.3) is 11.8 Å². The number of likely N-dealkylation sites (tertiary alicyclic amines) is 2. The minimum absolute atomic E-state index is 0.0517. The number of rotatable bonds is 5. The standard InChI is InChI=1S/C32H32Cl3N3O3/c1-36(30(39)22-10-13-24(33)14-11-22)28-16-18-37(20-25(28)23-12-15-26(34)27(35)19-23)32(41)29-9-5-6-17-38(29)31(40)21-7-3-2-4-8-21/h2-4,7-8,10-15,19,25,28-29H,5-6,9,16-18,20H2,1H3/t25-,28+,29+/m0/s1. The number of benzene rings is 3. The Labute approximate surface area is 255 Å². The number of hydrogen-bond donors (Lipinski definition) is 0. The Kier molecular flexibility index (Phi) is 9.22. The zero-order chi connectivity index (χ0) is 29.1. The van der Waals surface area contributed by atoms with Gasteiger partial charge in [-0.25, -0.2) is 0 Å². The molecule has 0 aliphatic carbocycles. The van der Waals surface area contributed by atoms with Crippen molar-refractivity contribution in [3.05, 3.63) is 105 Å². The number of nitrogens with zero attached hydrogens (tertiary/aromatic N) is 3. The fourth-order valence-corrected chi connectivity index (χ4v) is 6.44. The van der Waals surface area contributed by atoms with E-state index in [4.69, 9.17) is 34.8 Å². The van der Waals surface area contributed by atoms with E-state index in [1.807, 2.05) is 35.2 Å². The van der Waals surface area contributed by atoms with Crippen LogP contribution < -0.4 is 0 Å². The topological polar surface area (TPSA) is 60.9 Å². The number of amides is 3. The number of halogens is 3. The Morgan fingerprint density at radius 1 is 0.805 bits per heavy atom. The molecule has 0 radical (unpaired) electrons. The maximum absolute atomic E-state index is 14.1. The molecule has 2 fully saturated rings. The highest BCUT2D eigenvalue weighted by molar-refractivity contribution is 6.42. The van der Waals surface area contributed by atoms with E-state index in [2.05, 4.69) is 0 Å². The van der Waals surface area contributed by atoms with Gasteiger partial charge in [0.05, 0.1) is 10.0 Å². The molecule has 2 heterocycles. The van der Waals surface area contributed by atoms with Crippen LogP contribution >= 0.6 is 34.8 Å². The molecule has 0 saturated carbocycles. The first-order valence-electron chi connectivity index (χ1n) is 13.9. The zero-order valence-electron chi connectivity index (χ0n) is 22.8. The van der Waals surface area contributed by atoms with Crippen LogP contribution in [0.25, 0.3) is 0 Å². The summed E-state index contributed by atoms with van der Waals surface area (Å²) in [6, 6.07) is 20.7. The Hall–Kier alpha value is -3.06. The molecule has 2 saturated heterocycles. The van der Waals surface area contributed by atoms with Gasteiger partial charge in [0, 0.05) is 54.8 Å². The summed E-state index contributed by atoms with van der Waals surface area (Å²) < 4.78 is 0. The summed E-state index contributed by atoms with van der Waals surface area (Å²) >= 11 is 18.7. The van der Waals surface area contributed by atoms with Crippen LogP contribution in [-0.2, 0) is 4.79 Å². The molecule has 3 atom stereocenters. The molecular formula is C32H32Cl3N3O3. The third-order valence-corrected chi connectivity index (χ3v) is 9.23. The fourth-order valence-electron chi connectivity index (χ4n) is 6.01.